The van der Waals surface area contributed by atoms with Crippen LogP contribution in [-0.4, -0.2) is 22.9 Å². The van der Waals surface area contributed by atoms with Crippen molar-refractivity contribution in [1.29, 1.82) is 5.26 Å². The molecule has 0 aliphatic rings. The minimum absolute atomic E-state index is 0.0284. The number of hydrogen-bond acceptors (Lipinski definition) is 2. The second kappa shape index (κ2) is 7.27. The summed E-state index contributed by atoms with van der Waals surface area (Å²) in [6, 6.07) is 13.5. The topological polar surface area (TPSA) is 44.1 Å². The standard InChI is InChI=1S/C20H21FN2O/c1-13(2)23(14(3)4)20(24)18-8-6-5-7-17(18)15-9-10-19(21)16(11-15)12-22/h5-11,13-14H,1-4H3. The molecule has 3 nitrogen and oxygen atoms in total. The summed E-state index contributed by atoms with van der Waals surface area (Å²) in [6.45, 7) is 7.91. The third kappa shape index (κ3) is 3.46. The van der Waals surface area contributed by atoms with Gasteiger partial charge in [-0.25, -0.2) is 4.39 Å². The largest absolute Gasteiger partial charge is 0.334 e. The average Bonchev–Trinajstić information content (AvgIpc) is 2.54. The van der Waals surface area contributed by atoms with Crippen molar-refractivity contribution in [2.75, 3.05) is 0 Å². The highest BCUT2D eigenvalue weighted by atomic mass is 19.1. The normalized spacial score (nSPS) is 10.8. The van der Waals surface area contributed by atoms with Gasteiger partial charge >= 0.3 is 0 Å². The minimum Gasteiger partial charge on any atom is -0.334 e. The summed E-state index contributed by atoms with van der Waals surface area (Å²) in [5.41, 5.74) is 1.88. The molecule has 1 amide bonds. The maximum absolute atomic E-state index is 13.6. The Hall–Kier alpha value is -2.67. The third-order valence-corrected chi connectivity index (χ3v) is 3.90. The first-order chi connectivity index (χ1) is 11.4. The van der Waals surface area contributed by atoms with E-state index in [9.17, 15) is 9.18 Å². The first-order valence-corrected chi connectivity index (χ1v) is 7.98. The molecule has 0 heterocycles. The van der Waals surface area contributed by atoms with Crippen molar-refractivity contribution >= 4 is 5.91 Å². The summed E-state index contributed by atoms with van der Waals surface area (Å²) >= 11 is 0. The molecular weight excluding hydrogens is 303 g/mol. The zero-order valence-electron chi connectivity index (χ0n) is 14.4. The van der Waals surface area contributed by atoms with E-state index in [2.05, 4.69) is 0 Å². The zero-order chi connectivity index (χ0) is 17.9. The lowest BCUT2D eigenvalue weighted by molar-refractivity contribution is 0.0644. The van der Waals surface area contributed by atoms with Crippen molar-refractivity contribution in [2.45, 2.75) is 39.8 Å². The molecule has 0 aliphatic carbocycles. The molecule has 0 fully saturated rings. The molecule has 0 bridgehead atoms. The molecule has 0 spiro atoms. The molecule has 2 aromatic rings. The van der Waals surface area contributed by atoms with Crippen molar-refractivity contribution in [3.8, 4) is 17.2 Å². The van der Waals surface area contributed by atoms with E-state index in [0.717, 1.165) is 0 Å². The number of hydrogen-bond donors (Lipinski definition) is 0. The van der Waals surface area contributed by atoms with Gasteiger partial charge in [-0.1, -0.05) is 24.3 Å². The molecule has 0 radical (unpaired) electrons. The van der Waals surface area contributed by atoms with Crippen LogP contribution in [0.25, 0.3) is 11.1 Å². The van der Waals surface area contributed by atoms with Gasteiger partial charge in [-0.15, -0.1) is 0 Å². The van der Waals surface area contributed by atoms with Crippen LogP contribution in [0.5, 0.6) is 0 Å². The molecular formula is C20H21FN2O. The van der Waals surface area contributed by atoms with E-state index in [1.165, 1.54) is 12.1 Å². The highest BCUT2D eigenvalue weighted by molar-refractivity contribution is 6.01. The van der Waals surface area contributed by atoms with Gasteiger partial charge < -0.3 is 4.90 Å². The highest BCUT2D eigenvalue weighted by Crippen LogP contribution is 2.27. The summed E-state index contributed by atoms with van der Waals surface area (Å²) in [6.07, 6.45) is 0. The van der Waals surface area contributed by atoms with E-state index in [-0.39, 0.29) is 23.6 Å². The molecule has 4 heteroatoms. The van der Waals surface area contributed by atoms with Gasteiger partial charge in [-0.3, -0.25) is 4.79 Å². The molecule has 2 aromatic carbocycles. The summed E-state index contributed by atoms with van der Waals surface area (Å²) < 4.78 is 13.6. The lowest BCUT2D eigenvalue weighted by Gasteiger charge is -2.31. The van der Waals surface area contributed by atoms with E-state index < -0.39 is 5.82 Å². The van der Waals surface area contributed by atoms with E-state index in [0.29, 0.717) is 16.7 Å². The fourth-order valence-corrected chi connectivity index (χ4v) is 2.90. The van der Waals surface area contributed by atoms with Crippen molar-refractivity contribution in [3.63, 3.8) is 0 Å². The van der Waals surface area contributed by atoms with E-state index >= 15 is 0 Å². The number of carbonyl (C=O) groups excluding carboxylic acids is 1. The molecule has 0 unspecified atom stereocenters. The van der Waals surface area contributed by atoms with E-state index in [1.807, 2.05) is 56.9 Å². The second-order valence-corrected chi connectivity index (χ2v) is 6.25. The predicted octanol–water partition coefficient (Wildman–Crippen LogP) is 4.62. The van der Waals surface area contributed by atoms with E-state index in [1.54, 1.807) is 12.1 Å². The summed E-state index contributed by atoms with van der Waals surface area (Å²) in [4.78, 5) is 14.8. The minimum atomic E-state index is -0.559. The maximum atomic E-state index is 13.6. The van der Waals surface area contributed by atoms with Crippen LogP contribution in [0.1, 0.15) is 43.6 Å². The predicted molar refractivity (Wildman–Crippen MR) is 93.0 cm³/mol. The van der Waals surface area contributed by atoms with Gasteiger partial charge in [0.25, 0.3) is 5.91 Å². The van der Waals surface area contributed by atoms with E-state index in [4.69, 9.17) is 5.26 Å². The highest BCUT2D eigenvalue weighted by Gasteiger charge is 2.24. The monoisotopic (exact) mass is 324 g/mol. The zero-order valence-corrected chi connectivity index (χ0v) is 14.4. The second-order valence-electron chi connectivity index (χ2n) is 6.25. The Morgan fingerprint density at radius 2 is 1.71 bits per heavy atom. The fourth-order valence-electron chi connectivity index (χ4n) is 2.90. The molecule has 0 saturated heterocycles. The number of nitriles is 1. The number of amides is 1. The van der Waals surface area contributed by atoms with Gasteiger partial charge in [0.05, 0.1) is 5.56 Å². The number of benzene rings is 2. The Balaban J connectivity index is 2.56. The van der Waals surface area contributed by atoms with Crippen LogP contribution in [0, 0.1) is 17.1 Å². The molecule has 0 saturated carbocycles. The van der Waals surface area contributed by atoms with Crippen LogP contribution < -0.4 is 0 Å². The van der Waals surface area contributed by atoms with Gasteiger partial charge in [0.15, 0.2) is 0 Å². The van der Waals surface area contributed by atoms with Crippen molar-refractivity contribution < 1.29 is 9.18 Å². The number of rotatable bonds is 4. The molecule has 0 N–H and O–H groups in total. The van der Waals surface area contributed by atoms with Gasteiger partial charge in [-0.2, -0.15) is 5.26 Å². The summed E-state index contributed by atoms with van der Waals surface area (Å²) in [7, 11) is 0. The average molecular weight is 324 g/mol. The molecule has 124 valence electrons. The van der Waals surface area contributed by atoms with Gasteiger partial charge in [0.1, 0.15) is 11.9 Å². The number of carbonyl (C=O) groups is 1. The lowest BCUT2D eigenvalue weighted by Crippen LogP contribution is -2.42. The van der Waals surface area contributed by atoms with Crippen molar-refractivity contribution in [2.24, 2.45) is 0 Å². The molecule has 24 heavy (non-hydrogen) atoms. The maximum Gasteiger partial charge on any atom is 0.254 e. The first-order valence-electron chi connectivity index (χ1n) is 7.98. The Morgan fingerprint density at radius 3 is 2.29 bits per heavy atom. The van der Waals surface area contributed by atoms with Gasteiger partial charge in [0, 0.05) is 17.6 Å². The van der Waals surface area contributed by atoms with Crippen LogP contribution in [0.4, 0.5) is 4.39 Å². The molecule has 0 atom stereocenters. The Morgan fingerprint density at radius 1 is 1.08 bits per heavy atom. The van der Waals surface area contributed by atoms with Crippen molar-refractivity contribution in [3.05, 3.63) is 59.4 Å². The van der Waals surface area contributed by atoms with Gasteiger partial charge in [-0.05, 0) is 57.0 Å². The SMILES string of the molecule is CC(C)N(C(=O)c1ccccc1-c1ccc(F)c(C#N)c1)C(C)C. The molecule has 0 aromatic heterocycles. The Bertz CT molecular complexity index is 782. The summed E-state index contributed by atoms with van der Waals surface area (Å²) in [5.74, 6) is -0.630. The molecule has 0 aliphatic heterocycles. The Labute approximate surface area is 142 Å². The van der Waals surface area contributed by atoms with Crippen LogP contribution >= 0.6 is 0 Å². The van der Waals surface area contributed by atoms with Gasteiger partial charge in [0.2, 0.25) is 0 Å². The quantitative estimate of drug-likeness (QED) is 0.823. The lowest BCUT2D eigenvalue weighted by atomic mass is 9.96. The smallest absolute Gasteiger partial charge is 0.254 e. The van der Waals surface area contributed by atoms with Crippen molar-refractivity contribution in [1.82, 2.24) is 4.90 Å². The molecule has 2 rings (SSSR count). The number of nitrogens with zero attached hydrogens (tertiary/aromatic N) is 2. The van der Waals surface area contributed by atoms with Crippen LogP contribution in [0.3, 0.4) is 0 Å². The Kier molecular flexibility index (Phi) is 5.35. The third-order valence-electron chi connectivity index (χ3n) is 3.90. The number of halogens is 1. The fraction of sp³-hybridized carbons (Fsp3) is 0.300. The van der Waals surface area contributed by atoms with Crippen LogP contribution in [0.2, 0.25) is 0 Å². The first kappa shape index (κ1) is 17.7. The summed E-state index contributed by atoms with van der Waals surface area (Å²) in [5, 5.41) is 9.04. The van der Waals surface area contributed by atoms with Crippen LogP contribution in [0.15, 0.2) is 42.5 Å². The van der Waals surface area contributed by atoms with Crippen LogP contribution in [-0.2, 0) is 0 Å².